The summed E-state index contributed by atoms with van der Waals surface area (Å²) in [4.78, 5) is 25.9. The average Bonchev–Trinajstić information content (AvgIpc) is 2.83. The van der Waals surface area contributed by atoms with Crippen molar-refractivity contribution in [2.75, 3.05) is 18.6 Å². The number of carbonyl (C=O) groups is 2. The van der Waals surface area contributed by atoms with Gasteiger partial charge < -0.3 is 20.7 Å². The molecule has 1 amide bonds. The maximum Gasteiger partial charge on any atom is 0.356 e. The molecule has 0 saturated carbocycles. The topological polar surface area (TPSA) is 144 Å². The van der Waals surface area contributed by atoms with Gasteiger partial charge in [0, 0.05) is 25.5 Å². The first-order valence-electron chi connectivity index (χ1n) is 6.15. The molecule has 0 bridgehead atoms. The molecule has 1 atom stereocenters. The molecule has 21 heavy (non-hydrogen) atoms. The molecule has 1 unspecified atom stereocenters. The molecule has 9 nitrogen and oxygen atoms in total. The number of carbonyl (C=O) groups excluding carboxylic acids is 1. The lowest BCUT2D eigenvalue weighted by Crippen LogP contribution is -2.42. The van der Waals surface area contributed by atoms with Crippen molar-refractivity contribution in [3.8, 4) is 0 Å². The van der Waals surface area contributed by atoms with Gasteiger partial charge >= 0.3 is 5.97 Å². The number of aromatic carboxylic acids is 1. The largest absolute Gasteiger partial charge is 0.476 e. The van der Waals surface area contributed by atoms with E-state index in [1.54, 1.807) is 0 Å². The van der Waals surface area contributed by atoms with Crippen molar-refractivity contribution < 1.29 is 23.1 Å². The van der Waals surface area contributed by atoms with Gasteiger partial charge in [-0.05, 0) is 6.42 Å². The van der Waals surface area contributed by atoms with Crippen molar-refractivity contribution in [2.24, 2.45) is 5.73 Å². The molecule has 118 valence electrons. The number of rotatable bonds is 8. The first-order chi connectivity index (χ1) is 9.69. The van der Waals surface area contributed by atoms with Crippen molar-refractivity contribution in [2.45, 2.75) is 19.0 Å². The molecule has 4 N–H and O–H groups in total. The zero-order valence-corrected chi connectivity index (χ0v) is 12.3. The summed E-state index contributed by atoms with van der Waals surface area (Å²) >= 11 is 0. The van der Waals surface area contributed by atoms with Gasteiger partial charge in [0.2, 0.25) is 5.91 Å². The Morgan fingerprint density at radius 1 is 1.52 bits per heavy atom. The number of aromatic nitrogens is 2. The van der Waals surface area contributed by atoms with E-state index in [1.165, 1.54) is 17.1 Å². The fourth-order valence-corrected chi connectivity index (χ4v) is 2.19. The summed E-state index contributed by atoms with van der Waals surface area (Å²) in [6.07, 6.45) is 3.83. The van der Waals surface area contributed by atoms with E-state index >= 15 is 0 Å². The second-order valence-corrected chi connectivity index (χ2v) is 6.88. The number of hydrogen-bond donors (Lipinski definition) is 3. The Labute approximate surface area is 122 Å². The Hall–Kier alpha value is -1.94. The Kier molecular flexibility index (Phi) is 5.85. The van der Waals surface area contributed by atoms with E-state index < -0.39 is 27.8 Å². The van der Waals surface area contributed by atoms with Crippen LogP contribution in [-0.2, 0) is 21.2 Å². The second-order valence-electron chi connectivity index (χ2n) is 4.62. The van der Waals surface area contributed by atoms with Crippen LogP contribution in [-0.4, -0.2) is 59.5 Å². The molecule has 0 radical (unpaired) electrons. The number of carboxylic acids is 1. The number of carboxylic acid groups (broad SMARTS) is 1. The molecule has 1 heterocycles. The Morgan fingerprint density at radius 3 is 2.71 bits per heavy atom. The molecule has 1 rings (SSSR count). The SMILES string of the molecule is CS(=O)(=O)CCC(N)C(=O)NCCn1cnc(C(=O)O)c1. The van der Waals surface area contributed by atoms with Crippen LogP contribution >= 0.6 is 0 Å². The number of amides is 1. The number of nitrogens with zero attached hydrogens (tertiary/aromatic N) is 2. The minimum absolute atomic E-state index is 0.0545. The lowest BCUT2D eigenvalue weighted by atomic mass is 10.2. The smallest absolute Gasteiger partial charge is 0.356 e. The number of nitrogens with two attached hydrogens (primary N) is 1. The highest BCUT2D eigenvalue weighted by Crippen LogP contribution is 1.96. The summed E-state index contributed by atoms with van der Waals surface area (Å²) in [5, 5.41) is 11.2. The number of nitrogens with one attached hydrogen (secondary N) is 1. The van der Waals surface area contributed by atoms with Crippen LogP contribution in [0.25, 0.3) is 0 Å². The maximum absolute atomic E-state index is 11.6. The van der Waals surface area contributed by atoms with Gasteiger partial charge in [-0.25, -0.2) is 18.2 Å². The average molecular weight is 318 g/mol. The van der Waals surface area contributed by atoms with Crippen LogP contribution in [0.5, 0.6) is 0 Å². The van der Waals surface area contributed by atoms with Crippen molar-refractivity contribution in [3.05, 3.63) is 18.2 Å². The van der Waals surface area contributed by atoms with E-state index in [-0.39, 0.29) is 24.4 Å². The summed E-state index contributed by atoms with van der Waals surface area (Å²) < 4.78 is 23.5. The summed E-state index contributed by atoms with van der Waals surface area (Å²) in [5.41, 5.74) is 5.50. The molecule has 0 saturated heterocycles. The zero-order chi connectivity index (χ0) is 16.0. The van der Waals surface area contributed by atoms with Crippen LogP contribution in [0.2, 0.25) is 0 Å². The van der Waals surface area contributed by atoms with Gasteiger partial charge in [0.05, 0.1) is 18.1 Å². The van der Waals surface area contributed by atoms with Crippen molar-refractivity contribution in [1.82, 2.24) is 14.9 Å². The van der Waals surface area contributed by atoms with Gasteiger partial charge in [-0.3, -0.25) is 4.79 Å². The highest BCUT2D eigenvalue weighted by Gasteiger charge is 2.15. The van der Waals surface area contributed by atoms with Crippen LogP contribution in [0.15, 0.2) is 12.5 Å². The van der Waals surface area contributed by atoms with Crippen molar-refractivity contribution in [1.29, 1.82) is 0 Å². The van der Waals surface area contributed by atoms with Crippen molar-refractivity contribution in [3.63, 3.8) is 0 Å². The molecular formula is C11H18N4O5S. The van der Waals surface area contributed by atoms with Crippen LogP contribution in [0, 0.1) is 0 Å². The third kappa shape index (κ3) is 6.36. The van der Waals surface area contributed by atoms with E-state index in [2.05, 4.69) is 10.3 Å². The third-order valence-electron chi connectivity index (χ3n) is 2.66. The van der Waals surface area contributed by atoms with Gasteiger partial charge in [-0.15, -0.1) is 0 Å². The minimum Gasteiger partial charge on any atom is -0.476 e. The summed E-state index contributed by atoms with van der Waals surface area (Å²) in [5.74, 6) is -1.72. The minimum atomic E-state index is -3.15. The monoisotopic (exact) mass is 318 g/mol. The standard InChI is InChI=1S/C11H18N4O5S/c1-21(19,20)5-2-8(12)10(16)13-3-4-15-6-9(11(17)18)14-7-15/h6-8H,2-5,12H2,1H3,(H,13,16)(H,17,18). The highest BCUT2D eigenvalue weighted by atomic mass is 32.2. The molecule has 0 aliphatic rings. The molecular weight excluding hydrogens is 300 g/mol. The fraction of sp³-hybridized carbons (Fsp3) is 0.545. The Morgan fingerprint density at radius 2 is 2.19 bits per heavy atom. The summed E-state index contributed by atoms with van der Waals surface area (Å²) in [6, 6.07) is -0.892. The van der Waals surface area contributed by atoms with Crippen LogP contribution in [0.1, 0.15) is 16.9 Å². The molecule has 10 heteroatoms. The van der Waals surface area contributed by atoms with Gasteiger partial charge in [0.15, 0.2) is 5.69 Å². The lowest BCUT2D eigenvalue weighted by molar-refractivity contribution is -0.122. The second kappa shape index (κ2) is 7.18. The Balaban J connectivity index is 2.33. The number of imidazole rings is 1. The first-order valence-corrected chi connectivity index (χ1v) is 8.21. The fourth-order valence-electron chi connectivity index (χ4n) is 1.50. The molecule has 0 aliphatic heterocycles. The third-order valence-corrected chi connectivity index (χ3v) is 3.64. The first kappa shape index (κ1) is 17.1. The Bertz CT molecular complexity index is 610. The van der Waals surface area contributed by atoms with Crippen LogP contribution in [0.3, 0.4) is 0 Å². The normalized spacial score (nSPS) is 12.9. The zero-order valence-electron chi connectivity index (χ0n) is 11.5. The predicted octanol–water partition coefficient (Wildman–Crippen LogP) is -1.54. The van der Waals surface area contributed by atoms with E-state index in [9.17, 15) is 18.0 Å². The maximum atomic E-state index is 11.6. The van der Waals surface area contributed by atoms with Gasteiger partial charge in [-0.2, -0.15) is 0 Å². The van der Waals surface area contributed by atoms with E-state index in [4.69, 9.17) is 10.8 Å². The van der Waals surface area contributed by atoms with Gasteiger partial charge in [0.1, 0.15) is 9.84 Å². The van der Waals surface area contributed by atoms with Gasteiger partial charge in [-0.1, -0.05) is 0 Å². The van der Waals surface area contributed by atoms with E-state index in [1.807, 2.05) is 0 Å². The van der Waals surface area contributed by atoms with E-state index in [0.717, 1.165) is 6.26 Å². The summed E-state index contributed by atoms with van der Waals surface area (Å²) in [7, 11) is -3.15. The lowest BCUT2D eigenvalue weighted by Gasteiger charge is -2.11. The molecule has 0 aromatic carbocycles. The molecule has 0 spiro atoms. The molecule has 1 aromatic heterocycles. The molecule has 0 aliphatic carbocycles. The number of hydrogen-bond acceptors (Lipinski definition) is 6. The quantitative estimate of drug-likeness (QED) is 0.526. The predicted molar refractivity (Wildman–Crippen MR) is 74.5 cm³/mol. The van der Waals surface area contributed by atoms with Crippen LogP contribution < -0.4 is 11.1 Å². The summed E-state index contributed by atoms with van der Waals surface area (Å²) in [6.45, 7) is 0.575. The van der Waals surface area contributed by atoms with Crippen molar-refractivity contribution >= 4 is 21.7 Å². The van der Waals surface area contributed by atoms with E-state index in [0.29, 0.717) is 6.54 Å². The van der Waals surface area contributed by atoms with Gasteiger partial charge in [0.25, 0.3) is 0 Å². The molecule has 0 fully saturated rings. The highest BCUT2D eigenvalue weighted by molar-refractivity contribution is 7.90. The van der Waals surface area contributed by atoms with Crippen LogP contribution in [0.4, 0.5) is 0 Å². The molecule has 1 aromatic rings. The number of sulfone groups is 1.